The second-order valence-corrected chi connectivity index (χ2v) is 4.75. The summed E-state index contributed by atoms with van der Waals surface area (Å²) >= 11 is 4.43. The van der Waals surface area contributed by atoms with E-state index in [0.29, 0.717) is 6.42 Å². The van der Waals surface area contributed by atoms with Crippen molar-refractivity contribution in [1.82, 2.24) is 4.90 Å². The van der Waals surface area contributed by atoms with E-state index < -0.39 is 0 Å². The quantitative estimate of drug-likeness (QED) is 0.771. The van der Waals surface area contributed by atoms with Gasteiger partial charge in [-0.15, -0.1) is 0 Å². The zero-order valence-corrected chi connectivity index (χ0v) is 11.5. The number of hydrogen-bond acceptors (Lipinski definition) is 2. The number of rotatable bonds is 6. The van der Waals surface area contributed by atoms with Crippen LogP contribution >= 0.6 is 12.6 Å². The van der Waals surface area contributed by atoms with Crippen molar-refractivity contribution in [1.29, 1.82) is 0 Å². The van der Waals surface area contributed by atoms with E-state index in [1.165, 1.54) is 0 Å². The number of nitrogens with zero attached hydrogens (tertiary/aromatic N) is 1. The van der Waals surface area contributed by atoms with Crippen LogP contribution in [0, 0.1) is 0 Å². The average molecular weight is 251 g/mol. The van der Waals surface area contributed by atoms with Crippen LogP contribution in [0.15, 0.2) is 30.3 Å². The van der Waals surface area contributed by atoms with Gasteiger partial charge in [-0.3, -0.25) is 4.79 Å². The van der Waals surface area contributed by atoms with Crippen LogP contribution in [0.3, 0.4) is 0 Å². The van der Waals surface area contributed by atoms with Crippen LogP contribution in [-0.4, -0.2) is 29.1 Å². The van der Waals surface area contributed by atoms with E-state index in [1.807, 2.05) is 42.2 Å². The van der Waals surface area contributed by atoms with E-state index in [2.05, 4.69) is 19.6 Å². The molecule has 0 saturated heterocycles. The van der Waals surface area contributed by atoms with E-state index in [9.17, 15) is 4.79 Å². The van der Waals surface area contributed by atoms with Crippen LogP contribution < -0.4 is 0 Å². The zero-order chi connectivity index (χ0) is 12.7. The van der Waals surface area contributed by atoms with Gasteiger partial charge in [0.05, 0.1) is 5.25 Å². The third-order valence-electron chi connectivity index (χ3n) is 2.74. The van der Waals surface area contributed by atoms with Crippen LogP contribution in [0.25, 0.3) is 0 Å². The third kappa shape index (κ3) is 4.43. The Hall–Kier alpha value is -0.960. The average Bonchev–Trinajstić information content (AvgIpc) is 2.36. The van der Waals surface area contributed by atoms with Gasteiger partial charge in [0, 0.05) is 13.1 Å². The number of carbonyl (C=O) groups excluding carboxylic acids is 1. The van der Waals surface area contributed by atoms with Crippen LogP contribution in [0.1, 0.15) is 25.8 Å². The summed E-state index contributed by atoms with van der Waals surface area (Å²) in [6.45, 7) is 5.68. The molecule has 0 saturated carbocycles. The minimum absolute atomic E-state index is 0.140. The minimum atomic E-state index is -0.233. The van der Waals surface area contributed by atoms with Gasteiger partial charge < -0.3 is 4.90 Å². The molecular formula is C14H21NOS. The summed E-state index contributed by atoms with van der Waals surface area (Å²) in [5.41, 5.74) is 1.16. The first-order valence-corrected chi connectivity index (χ1v) is 6.71. The smallest absolute Gasteiger partial charge is 0.235 e. The normalized spacial score (nSPS) is 12.2. The Kier molecular flexibility index (Phi) is 6.12. The molecule has 0 radical (unpaired) electrons. The summed E-state index contributed by atoms with van der Waals surface area (Å²) in [6, 6.07) is 10.0. The monoisotopic (exact) mass is 251 g/mol. The van der Waals surface area contributed by atoms with Crippen molar-refractivity contribution in [3.8, 4) is 0 Å². The predicted octanol–water partition coefficient (Wildman–Crippen LogP) is 2.79. The lowest BCUT2D eigenvalue weighted by atomic mass is 10.1. The molecule has 0 aliphatic rings. The summed E-state index contributed by atoms with van der Waals surface area (Å²) < 4.78 is 0. The molecule has 1 aromatic rings. The Labute approximate surface area is 109 Å². The van der Waals surface area contributed by atoms with Gasteiger partial charge in [-0.1, -0.05) is 37.3 Å². The van der Waals surface area contributed by atoms with Gasteiger partial charge in [0.1, 0.15) is 0 Å². The first-order valence-electron chi connectivity index (χ1n) is 6.19. The second kappa shape index (κ2) is 7.38. The molecule has 1 rings (SSSR count). The van der Waals surface area contributed by atoms with Gasteiger partial charge in [0.2, 0.25) is 5.91 Å². The Balaban J connectivity index is 2.57. The van der Waals surface area contributed by atoms with E-state index in [4.69, 9.17) is 0 Å². The largest absolute Gasteiger partial charge is 0.342 e. The molecule has 94 valence electrons. The van der Waals surface area contributed by atoms with Crippen molar-refractivity contribution in [3.05, 3.63) is 35.9 Å². The molecule has 0 bridgehead atoms. The highest BCUT2D eigenvalue weighted by molar-refractivity contribution is 7.81. The van der Waals surface area contributed by atoms with Crippen molar-refractivity contribution in [3.63, 3.8) is 0 Å². The second-order valence-electron chi connectivity index (χ2n) is 4.12. The predicted molar refractivity (Wildman–Crippen MR) is 75.5 cm³/mol. The first-order chi connectivity index (χ1) is 8.19. The summed E-state index contributed by atoms with van der Waals surface area (Å²) in [7, 11) is 0. The lowest BCUT2D eigenvalue weighted by Crippen LogP contribution is -2.38. The van der Waals surface area contributed by atoms with Crippen molar-refractivity contribution in [2.75, 3.05) is 13.1 Å². The lowest BCUT2D eigenvalue weighted by molar-refractivity contribution is -0.130. The summed E-state index contributed by atoms with van der Waals surface area (Å²) in [5.74, 6) is 0.140. The topological polar surface area (TPSA) is 20.3 Å². The minimum Gasteiger partial charge on any atom is -0.342 e. The van der Waals surface area contributed by atoms with E-state index >= 15 is 0 Å². The fraction of sp³-hybridized carbons (Fsp3) is 0.500. The van der Waals surface area contributed by atoms with E-state index in [-0.39, 0.29) is 11.2 Å². The summed E-state index contributed by atoms with van der Waals surface area (Å²) in [5, 5.41) is -0.233. The molecule has 0 spiro atoms. The van der Waals surface area contributed by atoms with E-state index in [1.54, 1.807) is 0 Å². The molecule has 1 amide bonds. The highest BCUT2D eigenvalue weighted by Gasteiger charge is 2.19. The highest BCUT2D eigenvalue weighted by Crippen LogP contribution is 2.11. The zero-order valence-electron chi connectivity index (χ0n) is 10.6. The fourth-order valence-corrected chi connectivity index (χ4v) is 2.20. The van der Waals surface area contributed by atoms with Gasteiger partial charge in [0.15, 0.2) is 0 Å². The van der Waals surface area contributed by atoms with Crippen LogP contribution in [0.5, 0.6) is 0 Å². The highest BCUT2D eigenvalue weighted by atomic mass is 32.1. The first kappa shape index (κ1) is 14.1. The maximum atomic E-state index is 12.1. The Morgan fingerprint density at radius 2 is 1.94 bits per heavy atom. The van der Waals surface area contributed by atoms with Gasteiger partial charge in [0.25, 0.3) is 0 Å². The number of benzene rings is 1. The molecule has 1 aromatic carbocycles. The summed E-state index contributed by atoms with van der Waals surface area (Å²) in [4.78, 5) is 14.0. The van der Waals surface area contributed by atoms with Gasteiger partial charge in [-0.25, -0.2) is 0 Å². The summed E-state index contributed by atoms with van der Waals surface area (Å²) in [6.07, 6.45) is 1.69. The molecule has 1 atom stereocenters. The lowest BCUT2D eigenvalue weighted by Gasteiger charge is -2.23. The van der Waals surface area contributed by atoms with Crippen molar-refractivity contribution < 1.29 is 4.79 Å². The Morgan fingerprint density at radius 1 is 1.29 bits per heavy atom. The SMILES string of the molecule is CCCN(CC)C(=O)C(S)Cc1ccccc1. The van der Waals surface area contributed by atoms with Crippen LogP contribution in [-0.2, 0) is 11.2 Å². The number of thiol groups is 1. The molecule has 0 aromatic heterocycles. The van der Waals surface area contributed by atoms with E-state index in [0.717, 1.165) is 25.1 Å². The maximum Gasteiger partial charge on any atom is 0.235 e. The number of hydrogen-bond donors (Lipinski definition) is 1. The Bertz CT molecular complexity index is 339. The third-order valence-corrected chi connectivity index (χ3v) is 3.15. The van der Waals surface area contributed by atoms with Crippen LogP contribution in [0.2, 0.25) is 0 Å². The van der Waals surface area contributed by atoms with Crippen LogP contribution in [0.4, 0.5) is 0 Å². The molecule has 1 unspecified atom stereocenters. The van der Waals surface area contributed by atoms with Crippen molar-refractivity contribution >= 4 is 18.5 Å². The van der Waals surface area contributed by atoms with Crippen molar-refractivity contribution in [2.24, 2.45) is 0 Å². The van der Waals surface area contributed by atoms with Gasteiger partial charge in [-0.05, 0) is 25.3 Å². The molecule has 0 fully saturated rings. The number of amides is 1. The maximum absolute atomic E-state index is 12.1. The molecular weight excluding hydrogens is 230 g/mol. The Morgan fingerprint density at radius 3 is 2.47 bits per heavy atom. The number of carbonyl (C=O) groups is 1. The molecule has 3 heteroatoms. The van der Waals surface area contributed by atoms with Gasteiger partial charge in [-0.2, -0.15) is 12.6 Å². The molecule has 0 aliphatic heterocycles. The van der Waals surface area contributed by atoms with Gasteiger partial charge >= 0.3 is 0 Å². The van der Waals surface area contributed by atoms with Crippen molar-refractivity contribution in [2.45, 2.75) is 31.9 Å². The molecule has 17 heavy (non-hydrogen) atoms. The standard InChI is InChI=1S/C14H21NOS/c1-3-10-15(4-2)14(16)13(17)11-12-8-6-5-7-9-12/h5-9,13,17H,3-4,10-11H2,1-2H3. The fourth-order valence-electron chi connectivity index (χ4n) is 1.83. The molecule has 2 nitrogen and oxygen atoms in total. The molecule has 0 aliphatic carbocycles. The molecule has 0 heterocycles. The molecule has 0 N–H and O–H groups in total.